The fraction of sp³-hybridized carbons (Fsp3) is 0. The van der Waals surface area contributed by atoms with Crippen molar-refractivity contribution in [3.8, 4) is 62.1 Å². The quantitative estimate of drug-likeness (QED) is 0.167. The van der Waals surface area contributed by atoms with Crippen LogP contribution in [0.25, 0.3) is 136 Å². The van der Waals surface area contributed by atoms with Crippen molar-refractivity contribution in [2.75, 3.05) is 0 Å². The number of thiophene rings is 1. The van der Waals surface area contributed by atoms with E-state index in [-0.39, 0.29) is 0 Å². The highest BCUT2D eigenvalue weighted by molar-refractivity contribution is 7.25. The maximum absolute atomic E-state index is 5.53. The molecule has 0 aliphatic heterocycles. The van der Waals surface area contributed by atoms with Gasteiger partial charge in [0.1, 0.15) is 0 Å². The highest BCUT2D eigenvalue weighted by atomic mass is 32.1. The minimum absolute atomic E-state index is 0.618. The number of nitrogens with zero attached hydrogens (tertiary/aromatic N) is 4. The Hall–Kier alpha value is -8.77. The summed E-state index contributed by atoms with van der Waals surface area (Å²) in [5, 5.41) is 11.8. The van der Waals surface area contributed by atoms with Crippen LogP contribution in [0.1, 0.15) is 0 Å². The summed E-state index contributed by atoms with van der Waals surface area (Å²) < 4.78 is 4.99. The molecule has 0 aliphatic rings. The van der Waals surface area contributed by atoms with Gasteiger partial charge < -0.3 is 4.57 Å². The molecule has 4 nitrogen and oxygen atoms in total. The highest BCUT2D eigenvalue weighted by Crippen LogP contribution is 2.47. The van der Waals surface area contributed by atoms with Crippen LogP contribution >= 0.6 is 11.3 Å². The van der Waals surface area contributed by atoms with E-state index in [1.807, 2.05) is 18.2 Å². The van der Waals surface area contributed by atoms with E-state index in [9.17, 15) is 0 Å². The van der Waals surface area contributed by atoms with Gasteiger partial charge in [0, 0.05) is 64.0 Å². The minimum atomic E-state index is 0.618. The molecule has 0 aliphatic carbocycles. The number of hydrogen-bond donors (Lipinski definition) is 0. The van der Waals surface area contributed by atoms with E-state index in [4.69, 9.17) is 15.0 Å². The highest BCUT2D eigenvalue weighted by Gasteiger charge is 2.25. The Kier molecular flexibility index (Phi) is 8.73. The molecule has 14 aromatic rings. The third-order valence-corrected chi connectivity index (χ3v) is 14.7. The van der Waals surface area contributed by atoms with Gasteiger partial charge in [-0.25, -0.2) is 15.0 Å². The van der Waals surface area contributed by atoms with E-state index in [2.05, 4.69) is 217 Å². The van der Waals surface area contributed by atoms with Gasteiger partial charge in [-0.2, -0.15) is 0 Å². The molecule has 0 unspecified atom stereocenters. The largest absolute Gasteiger partial charge is 0.307 e. The molecule has 0 bridgehead atoms. The first kappa shape index (κ1) is 38.5. The minimum Gasteiger partial charge on any atom is -0.307 e. The average molecular weight is 883 g/mol. The Morgan fingerprint density at radius 3 is 1.71 bits per heavy atom. The molecular weight excluding hydrogens is 845 g/mol. The van der Waals surface area contributed by atoms with Gasteiger partial charge in [0.05, 0.1) is 16.7 Å². The lowest BCUT2D eigenvalue weighted by atomic mass is 9.91. The topological polar surface area (TPSA) is 43.6 Å². The summed E-state index contributed by atoms with van der Waals surface area (Å²) in [6.45, 7) is 0. The molecule has 0 fully saturated rings. The SMILES string of the molecule is c1ccc(-c2cccc(-c3cc(-c4nc(-c5ccccc5)nc(-c5cccc6sc7ccccc7c56)n4)c4ccccc4c3-n3c4cc5ccccc5cc4c4ccc5ccccc5c43)c2)cc1. The van der Waals surface area contributed by atoms with Crippen molar-refractivity contribution in [3.63, 3.8) is 0 Å². The van der Waals surface area contributed by atoms with E-state index in [0.29, 0.717) is 17.5 Å². The van der Waals surface area contributed by atoms with Crippen LogP contribution < -0.4 is 0 Å². The third kappa shape index (κ3) is 6.10. The van der Waals surface area contributed by atoms with Crippen LogP contribution in [0.3, 0.4) is 0 Å². The van der Waals surface area contributed by atoms with Gasteiger partial charge in [0.15, 0.2) is 17.5 Å². The second-order valence-corrected chi connectivity index (χ2v) is 18.6. The molecular formula is C63H38N4S. The molecule has 3 heterocycles. The fourth-order valence-electron chi connectivity index (χ4n) is 10.5. The first-order valence-electron chi connectivity index (χ1n) is 23.0. The van der Waals surface area contributed by atoms with Crippen LogP contribution in [0.4, 0.5) is 0 Å². The van der Waals surface area contributed by atoms with Gasteiger partial charge in [0.25, 0.3) is 0 Å². The van der Waals surface area contributed by atoms with E-state index in [1.54, 1.807) is 11.3 Å². The van der Waals surface area contributed by atoms with Gasteiger partial charge in [0.2, 0.25) is 0 Å². The average Bonchev–Trinajstić information content (AvgIpc) is 3.95. The summed E-state index contributed by atoms with van der Waals surface area (Å²) >= 11 is 1.80. The molecule has 3 aromatic heterocycles. The monoisotopic (exact) mass is 882 g/mol. The van der Waals surface area contributed by atoms with E-state index < -0.39 is 0 Å². The van der Waals surface area contributed by atoms with Gasteiger partial charge in [-0.15, -0.1) is 11.3 Å². The molecule has 0 radical (unpaired) electrons. The molecule has 0 N–H and O–H groups in total. The van der Waals surface area contributed by atoms with Crippen LogP contribution in [0.2, 0.25) is 0 Å². The van der Waals surface area contributed by atoms with Crippen LogP contribution in [-0.4, -0.2) is 19.5 Å². The molecule has 0 saturated carbocycles. The van der Waals surface area contributed by atoms with Crippen molar-refractivity contribution in [3.05, 3.63) is 231 Å². The van der Waals surface area contributed by atoms with Crippen molar-refractivity contribution >= 4 is 85.6 Å². The Balaban J connectivity index is 1.13. The number of benzene rings is 11. The zero-order valence-corrected chi connectivity index (χ0v) is 37.5. The Bertz CT molecular complexity index is 4320. The lowest BCUT2D eigenvalue weighted by molar-refractivity contribution is 1.08. The predicted octanol–water partition coefficient (Wildman–Crippen LogP) is 17.1. The lowest BCUT2D eigenvalue weighted by Gasteiger charge is -2.21. The summed E-state index contributed by atoms with van der Waals surface area (Å²) in [7, 11) is 0. The second-order valence-electron chi connectivity index (χ2n) is 17.5. The zero-order valence-electron chi connectivity index (χ0n) is 36.6. The molecule has 0 amide bonds. The van der Waals surface area contributed by atoms with E-state index >= 15 is 0 Å². The number of rotatable bonds is 6. The number of hydrogen-bond acceptors (Lipinski definition) is 4. The molecule has 0 spiro atoms. The number of fused-ring (bicyclic) bond motifs is 10. The maximum atomic E-state index is 5.53. The summed E-state index contributed by atoms with van der Waals surface area (Å²) in [4.78, 5) is 16.2. The fourth-order valence-corrected chi connectivity index (χ4v) is 11.6. The third-order valence-electron chi connectivity index (χ3n) is 13.6. The Labute approximate surface area is 395 Å². The van der Waals surface area contributed by atoms with Crippen LogP contribution in [-0.2, 0) is 0 Å². The summed E-state index contributed by atoms with van der Waals surface area (Å²) in [6, 6.07) is 83.1. The summed E-state index contributed by atoms with van der Waals surface area (Å²) in [5.41, 5.74) is 10.8. The smallest absolute Gasteiger partial charge is 0.164 e. The second kappa shape index (κ2) is 15.4. The molecule has 14 rings (SSSR count). The zero-order chi connectivity index (χ0) is 44.7. The van der Waals surface area contributed by atoms with E-state index in [1.165, 1.54) is 52.6 Å². The first-order chi connectivity index (χ1) is 33.7. The molecule has 5 heteroatoms. The standard InChI is InChI=1S/C63H38N4S/c1-3-17-39(18-4-1)42-24-15-25-45(35-42)52-38-54(63-65-61(41-20-5-2-6-21-41)64-62(66-63)51-30-16-32-57-58(51)50-29-13-14-31-56(50)68-57)47-27-11-12-28-48(47)60(52)67-55-37-44-23-8-7-22-43(44)36-53(55)49-34-33-40-19-9-10-26-46(40)59(49)67/h1-38H. The van der Waals surface area contributed by atoms with Crippen LogP contribution in [0.15, 0.2) is 231 Å². The predicted molar refractivity (Wildman–Crippen MR) is 287 cm³/mol. The van der Waals surface area contributed by atoms with Crippen molar-refractivity contribution in [1.29, 1.82) is 0 Å². The molecule has 0 saturated heterocycles. The first-order valence-corrected chi connectivity index (χ1v) is 23.8. The lowest BCUT2D eigenvalue weighted by Crippen LogP contribution is -2.04. The van der Waals surface area contributed by atoms with Gasteiger partial charge >= 0.3 is 0 Å². The van der Waals surface area contributed by atoms with Gasteiger partial charge in [-0.3, -0.25) is 0 Å². The van der Waals surface area contributed by atoms with Crippen molar-refractivity contribution in [1.82, 2.24) is 19.5 Å². The van der Waals surface area contributed by atoms with Crippen LogP contribution in [0.5, 0.6) is 0 Å². The Morgan fingerprint density at radius 1 is 0.309 bits per heavy atom. The van der Waals surface area contributed by atoms with Crippen molar-refractivity contribution < 1.29 is 0 Å². The molecule has 316 valence electrons. The van der Waals surface area contributed by atoms with Gasteiger partial charge in [-0.05, 0) is 74.6 Å². The number of aromatic nitrogens is 4. The molecule has 68 heavy (non-hydrogen) atoms. The molecule has 0 atom stereocenters. The Morgan fingerprint density at radius 2 is 0.897 bits per heavy atom. The van der Waals surface area contributed by atoms with Crippen LogP contribution in [0, 0.1) is 0 Å². The summed E-state index contributed by atoms with van der Waals surface area (Å²) in [5.74, 6) is 1.89. The van der Waals surface area contributed by atoms with E-state index in [0.717, 1.165) is 66.3 Å². The van der Waals surface area contributed by atoms with Gasteiger partial charge in [-0.1, -0.05) is 194 Å². The maximum Gasteiger partial charge on any atom is 0.164 e. The van der Waals surface area contributed by atoms with Crippen molar-refractivity contribution in [2.24, 2.45) is 0 Å². The summed E-state index contributed by atoms with van der Waals surface area (Å²) in [6.07, 6.45) is 0. The molecule has 11 aromatic carbocycles. The van der Waals surface area contributed by atoms with Crippen molar-refractivity contribution in [2.45, 2.75) is 0 Å². The normalized spacial score (nSPS) is 11.8.